The van der Waals surface area contributed by atoms with Gasteiger partial charge in [0.15, 0.2) is 0 Å². The fourth-order valence-corrected chi connectivity index (χ4v) is 8.77. The van der Waals surface area contributed by atoms with E-state index in [-0.39, 0.29) is 11.0 Å². The summed E-state index contributed by atoms with van der Waals surface area (Å²) >= 11 is 1.89. The molecule has 0 N–H and O–H groups in total. The minimum atomic E-state index is -0.309. The van der Waals surface area contributed by atoms with Gasteiger partial charge in [-0.05, 0) is 69.7 Å². The Morgan fingerprint density at radius 3 is 2.77 bits per heavy atom. The lowest BCUT2D eigenvalue weighted by Crippen LogP contribution is -2.40. The first-order chi connectivity index (χ1) is 15.3. The smallest absolute Gasteiger partial charge is 0.120 e. The third kappa shape index (κ3) is 2.61. The molecule has 31 heavy (non-hydrogen) atoms. The lowest BCUT2D eigenvalue weighted by molar-refractivity contribution is -0.0269. The van der Waals surface area contributed by atoms with Gasteiger partial charge in [0.25, 0.3) is 0 Å². The van der Waals surface area contributed by atoms with E-state index in [2.05, 4.69) is 37.0 Å². The highest BCUT2D eigenvalue weighted by Crippen LogP contribution is 2.77. The van der Waals surface area contributed by atoms with Crippen LogP contribution in [-0.4, -0.2) is 23.8 Å². The van der Waals surface area contributed by atoms with Crippen LogP contribution < -0.4 is 0 Å². The average molecular weight is 436 g/mol. The molecule has 4 atom stereocenters. The topological polar surface area (TPSA) is 31.4 Å². The highest BCUT2D eigenvalue weighted by Gasteiger charge is 2.72. The van der Waals surface area contributed by atoms with Crippen molar-refractivity contribution in [2.24, 2.45) is 17.3 Å². The lowest BCUT2D eigenvalue weighted by Gasteiger charge is -2.42. The Bertz CT molecular complexity index is 980. The maximum Gasteiger partial charge on any atom is 0.120 e. The van der Waals surface area contributed by atoms with Crippen molar-refractivity contribution < 1.29 is 9.47 Å². The summed E-state index contributed by atoms with van der Waals surface area (Å²) in [6, 6.07) is 6.26. The zero-order valence-electron chi connectivity index (χ0n) is 18.8. The SMILES string of the molecule is CCOC1=C2C(=C3CCCC[C@H]31)[C@]13CCCC[C@H]1[C@@]2(OCC)C=C3Sc1ccccn1. The number of nitrogens with zero attached hydrogens (tertiary/aromatic N) is 1. The quantitative estimate of drug-likeness (QED) is 0.490. The first kappa shape index (κ1) is 20.1. The minimum Gasteiger partial charge on any atom is -0.497 e. The van der Waals surface area contributed by atoms with Crippen LogP contribution in [0, 0.1) is 17.3 Å². The summed E-state index contributed by atoms with van der Waals surface area (Å²) in [7, 11) is 0. The lowest BCUT2D eigenvalue weighted by atomic mass is 9.65. The van der Waals surface area contributed by atoms with Gasteiger partial charge < -0.3 is 9.47 Å². The number of ether oxygens (including phenoxy) is 2. The predicted octanol–water partition coefficient (Wildman–Crippen LogP) is 6.83. The van der Waals surface area contributed by atoms with Crippen molar-refractivity contribution in [3.63, 3.8) is 0 Å². The Morgan fingerprint density at radius 2 is 1.97 bits per heavy atom. The molecule has 1 aromatic heterocycles. The van der Waals surface area contributed by atoms with Gasteiger partial charge in [0, 0.05) is 40.5 Å². The summed E-state index contributed by atoms with van der Waals surface area (Å²) in [5.74, 6) is 2.27. The first-order valence-corrected chi connectivity index (χ1v) is 13.2. The predicted molar refractivity (Wildman–Crippen MR) is 125 cm³/mol. The molecule has 4 heteroatoms. The van der Waals surface area contributed by atoms with E-state index in [0.29, 0.717) is 11.8 Å². The van der Waals surface area contributed by atoms with Crippen molar-refractivity contribution in [3.8, 4) is 0 Å². The molecule has 6 rings (SSSR count). The maximum absolute atomic E-state index is 6.83. The van der Waals surface area contributed by atoms with Crippen LogP contribution >= 0.6 is 11.8 Å². The van der Waals surface area contributed by atoms with E-state index in [9.17, 15) is 0 Å². The van der Waals surface area contributed by atoms with E-state index < -0.39 is 0 Å². The normalized spacial score (nSPS) is 35.7. The molecule has 0 saturated heterocycles. The molecule has 5 aliphatic rings. The van der Waals surface area contributed by atoms with Crippen molar-refractivity contribution in [3.05, 3.63) is 57.9 Å². The second-order valence-corrected chi connectivity index (χ2v) is 10.7. The summed E-state index contributed by atoms with van der Waals surface area (Å²) in [6.45, 7) is 5.78. The maximum atomic E-state index is 6.83. The second kappa shape index (κ2) is 7.52. The molecule has 5 aliphatic carbocycles. The van der Waals surface area contributed by atoms with Crippen LogP contribution in [0.15, 0.2) is 62.9 Å². The van der Waals surface area contributed by atoms with Gasteiger partial charge in [0.05, 0.1) is 6.61 Å². The van der Waals surface area contributed by atoms with Crippen molar-refractivity contribution in [1.29, 1.82) is 0 Å². The number of hydrogen-bond donors (Lipinski definition) is 0. The van der Waals surface area contributed by atoms with Crippen molar-refractivity contribution in [2.75, 3.05) is 13.2 Å². The van der Waals surface area contributed by atoms with Crippen LogP contribution in [-0.2, 0) is 9.47 Å². The van der Waals surface area contributed by atoms with E-state index in [4.69, 9.17) is 9.47 Å². The summed E-state index contributed by atoms with van der Waals surface area (Å²) in [4.78, 5) is 6.17. The summed E-state index contributed by atoms with van der Waals surface area (Å²) in [5, 5.41) is 1.10. The fourth-order valence-electron chi connectivity index (χ4n) is 7.52. The highest BCUT2D eigenvalue weighted by atomic mass is 32.2. The third-order valence-corrected chi connectivity index (χ3v) is 9.48. The fraction of sp³-hybridized carbons (Fsp3) is 0.593. The largest absolute Gasteiger partial charge is 0.497 e. The molecule has 3 saturated carbocycles. The van der Waals surface area contributed by atoms with Gasteiger partial charge in [-0.15, -0.1) is 0 Å². The zero-order chi connectivity index (χ0) is 21.1. The van der Waals surface area contributed by atoms with Crippen LogP contribution in [0.4, 0.5) is 0 Å². The van der Waals surface area contributed by atoms with Crippen LogP contribution in [0.5, 0.6) is 0 Å². The van der Waals surface area contributed by atoms with E-state index in [1.807, 2.05) is 24.0 Å². The van der Waals surface area contributed by atoms with Gasteiger partial charge in [0.2, 0.25) is 0 Å². The van der Waals surface area contributed by atoms with Crippen molar-refractivity contribution in [1.82, 2.24) is 4.98 Å². The Labute approximate surface area is 190 Å². The van der Waals surface area contributed by atoms with Crippen LogP contribution in [0.3, 0.4) is 0 Å². The summed E-state index contributed by atoms with van der Waals surface area (Å²) in [5.41, 5.74) is 4.60. The van der Waals surface area contributed by atoms with Gasteiger partial charge >= 0.3 is 0 Å². The van der Waals surface area contributed by atoms with Crippen LogP contribution in [0.25, 0.3) is 0 Å². The number of hydrogen-bond acceptors (Lipinski definition) is 4. The molecular formula is C27H33NO2S. The molecule has 0 aliphatic heterocycles. The summed E-state index contributed by atoms with van der Waals surface area (Å²) in [6.07, 6.45) is 14.6. The van der Waals surface area contributed by atoms with E-state index in [0.717, 1.165) is 18.2 Å². The van der Waals surface area contributed by atoms with E-state index >= 15 is 0 Å². The molecule has 3 nitrogen and oxygen atoms in total. The minimum absolute atomic E-state index is 0.106. The number of rotatable bonds is 6. The molecule has 1 heterocycles. The Morgan fingerprint density at radius 1 is 1.06 bits per heavy atom. The molecule has 164 valence electrons. The molecule has 0 aromatic carbocycles. The zero-order valence-corrected chi connectivity index (χ0v) is 19.6. The molecule has 0 spiro atoms. The number of aromatic nitrogens is 1. The summed E-state index contributed by atoms with van der Waals surface area (Å²) < 4.78 is 13.3. The van der Waals surface area contributed by atoms with Gasteiger partial charge in [-0.25, -0.2) is 4.98 Å². The number of allylic oxidation sites excluding steroid dienone is 2. The molecule has 2 bridgehead atoms. The second-order valence-electron chi connectivity index (χ2n) is 9.65. The molecule has 1 aromatic rings. The van der Waals surface area contributed by atoms with E-state index in [1.54, 1.807) is 11.1 Å². The van der Waals surface area contributed by atoms with Gasteiger partial charge in [-0.2, -0.15) is 0 Å². The Kier molecular flexibility index (Phi) is 4.88. The highest BCUT2D eigenvalue weighted by molar-refractivity contribution is 8.03. The van der Waals surface area contributed by atoms with Crippen LogP contribution in [0.2, 0.25) is 0 Å². The molecule has 0 radical (unpaired) electrons. The van der Waals surface area contributed by atoms with Gasteiger partial charge in [0.1, 0.15) is 16.4 Å². The molecule has 3 fully saturated rings. The van der Waals surface area contributed by atoms with Gasteiger partial charge in [-0.3, -0.25) is 0 Å². The monoisotopic (exact) mass is 435 g/mol. The Hall–Kier alpha value is -1.52. The molecule has 0 unspecified atom stereocenters. The van der Waals surface area contributed by atoms with E-state index in [1.165, 1.54) is 67.6 Å². The molecular weight excluding hydrogens is 402 g/mol. The number of thioether (sulfide) groups is 1. The van der Waals surface area contributed by atoms with Crippen molar-refractivity contribution >= 4 is 11.8 Å². The van der Waals surface area contributed by atoms with Gasteiger partial charge in [-0.1, -0.05) is 42.7 Å². The number of fused-ring (bicyclic) bond motifs is 3. The van der Waals surface area contributed by atoms with Crippen molar-refractivity contribution in [2.45, 2.75) is 75.8 Å². The number of pyridine rings is 1. The average Bonchev–Trinajstić information content (AvgIpc) is 3.36. The third-order valence-electron chi connectivity index (χ3n) is 8.33. The molecule has 0 amide bonds. The Balaban J connectivity index is 1.59. The first-order valence-electron chi connectivity index (χ1n) is 12.3. The van der Waals surface area contributed by atoms with Crippen LogP contribution in [0.1, 0.15) is 65.2 Å². The standard InChI is InChI=1S/C27H33NO2S/c1-3-29-25-19-12-6-5-11-18(19)23-24(25)27(30-4-2)17-21(31-22-14-8-10-16-28-22)26(23)15-9-7-13-20(26)27/h8,10,14,16-17,19-20H,3-7,9,11-13,15H2,1-2H3/t19-,20-,26-,27+/m1/s1.